The summed E-state index contributed by atoms with van der Waals surface area (Å²) in [6.07, 6.45) is 4.72. The highest BCUT2D eigenvalue weighted by molar-refractivity contribution is 6.01. The second-order valence-corrected chi connectivity index (χ2v) is 3.77. The molecule has 92 valence electrons. The van der Waals surface area contributed by atoms with Crippen LogP contribution in [0.25, 0.3) is 6.08 Å². The first kappa shape index (κ1) is 12.5. The van der Waals surface area contributed by atoms with Crippen molar-refractivity contribution in [2.45, 2.75) is 0 Å². The first-order chi connectivity index (χ1) is 9.28. The van der Waals surface area contributed by atoms with Gasteiger partial charge in [0.2, 0.25) is 5.91 Å². The minimum Gasteiger partial charge on any atom is -0.307 e. The predicted octanol–water partition coefficient (Wildman–Crippen LogP) is 2.61. The molecule has 1 amide bonds. The van der Waals surface area contributed by atoms with Crippen LogP contribution in [-0.4, -0.2) is 10.9 Å². The molecule has 1 N–H and O–H groups in total. The van der Waals surface area contributed by atoms with Gasteiger partial charge in [0.05, 0.1) is 11.6 Å². The van der Waals surface area contributed by atoms with Gasteiger partial charge in [0, 0.05) is 12.3 Å². The van der Waals surface area contributed by atoms with Crippen molar-refractivity contribution in [3.8, 4) is 6.07 Å². The molecular formula is C15H11N3O. The zero-order chi connectivity index (χ0) is 13.5. The Morgan fingerprint density at radius 2 is 2.00 bits per heavy atom. The second-order valence-electron chi connectivity index (χ2n) is 3.77. The second kappa shape index (κ2) is 6.12. The zero-order valence-corrected chi connectivity index (χ0v) is 10.1. The molecule has 19 heavy (non-hydrogen) atoms. The number of benzene rings is 1. The van der Waals surface area contributed by atoms with E-state index < -0.39 is 0 Å². The lowest BCUT2D eigenvalue weighted by Crippen LogP contribution is -2.08. The minimum absolute atomic E-state index is 0.247. The Balaban J connectivity index is 1.98. The number of nitriles is 1. The molecular weight excluding hydrogens is 238 g/mol. The van der Waals surface area contributed by atoms with Crippen LogP contribution >= 0.6 is 0 Å². The van der Waals surface area contributed by atoms with Crippen LogP contribution in [0.3, 0.4) is 0 Å². The SMILES string of the molecule is N#Cc1ccc(/C=C/C(=O)Nc2ccccn2)cc1. The first-order valence-electron chi connectivity index (χ1n) is 5.68. The molecule has 0 aliphatic rings. The van der Waals surface area contributed by atoms with Crippen LogP contribution < -0.4 is 5.32 Å². The Morgan fingerprint density at radius 1 is 1.21 bits per heavy atom. The summed E-state index contributed by atoms with van der Waals surface area (Å²) in [5.41, 5.74) is 1.45. The molecule has 0 aliphatic heterocycles. The Labute approximate surface area is 111 Å². The lowest BCUT2D eigenvalue weighted by atomic mass is 10.1. The highest BCUT2D eigenvalue weighted by Gasteiger charge is 1.97. The Morgan fingerprint density at radius 3 is 2.63 bits per heavy atom. The number of pyridine rings is 1. The lowest BCUT2D eigenvalue weighted by molar-refractivity contribution is -0.111. The van der Waals surface area contributed by atoms with Gasteiger partial charge in [0.15, 0.2) is 0 Å². The van der Waals surface area contributed by atoms with Crippen LogP contribution in [0, 0.1) is 11.3 Å². The molecule has 2 rings (SSSR count). The minimum atomic E-state index is -0.247. The number of nitrogens with zero attached hydrogens (tertiary/aromatic N) is 2. The van der Waals surface area contributed by atoms with Crippen LogP contribution in [0.5, 0.6) is 0 Å². The summed E-state index contributed by atoms with van der Waals surface area (Å²) in [5, 5.41) is 11.3. The van der Waals surface area contributed by atoms with E-state index in [0.29, 0.717) is 11.4 Å². The normalized spacial score (nSPS) is 10.1. The van der Waals surface area contributed by atoms with Crippen molar-refractivity contribution in [1.29, 1.82) is 5.26 Å². The van der Waals surface area contributed by atoms with Crippen molar-refractivity contribution in [2.24, 2.45) is 0 Å². The molecule has 0 bridgehead atoms. The molecule has 4 heteroatoms. The fraction of sp³-hybridized carbons (Fsp3) is 0. The van der Waals surface area contributed by atoms with Gasteiger partial charge >= 0.3 is 0 Å². The predicted molar refractivity (Wildman–Crippen MR) is 73.1 cm³/mol. The van der Waals surface area contributed by atoms with E-state index in [1.165, 1.54) is 6.08 Å². The molecule has 0 radical (unpaired) electrons. The van der Waals surface area contributed by atoms with E-state index in [2.05, 4.69) is 10.3 Å². The molecule has 1 heterocycles. The van der Waals surface area contributed by atoms with E-state index >= 15 is 0 Å². The van der Waals surface area contributed by atoms with Crippen molar-refractivity contribution in [2.75, 3.05) is 5.32 Å². The van der Waals surface area contributed by atoms with Gasteiger partial charge in [-0.15, -0.1) is 0 Å². The molecule has 0 fully saturated rings. The fourth-order valence-electron chi connectivity index (χ4n) is 1.45. The molecule has 0 saturated heterocycles. The number of anilines is 1. The van der Waals surface area contributed by atoms with Crippen LogP contribution in [0.4, 0.5) is 5.82 Å². The van der Waals surface area contributed by atoms with Crippen molar-refractivity contribution in [3.63, 3.8) is 0 Å². The smallest absolute Gasteiger partial charge is 0.249 e. The van der Waals surface area contributed by atoms with Gasteiger partial charge in [-0.05, 0) is 35.9 Å². The quantitative estimate of drug-likeness (QED) is 0.850. The van der Waals surface area contributed by atoms with Gasteiger partial charge < -0.3 is 5.32 Å². The zero-order valence-electron chi connectivity index (χ0n) is 10.1. The monoisotopic (exact) mass is 249 g/mol. The third kappa shape index (κ3) is 3.79. The third-order valence-electron chi connectivity index (χ3n) is 2.38. The van der Waals surface area contributed by atoms with Crippen LogP contribution in [0.2, 0.25) is 0 Å². The summed E-state index contributed by atoms with van der Waals surface area (Å²) in [5.74, 6) is 0.264. The van der Waals surface area contributed by atoms with E-state index in [4.69, 9.17) is 5.26 Å². The summed E-state index contributed by atoms with van der Waals surface area (Å²) < 4.78 is 0. The topological polar surface area (TPSA) is 65.8 Å². The van der Waals surface area contributed by atoms with E-state index in [1.54, 1.807) is 54.7 Å². The Bertz CT molecular complexity index is 625. The largest absolute Gasteiger partial charge is 0.307 e. The standard InChI is InChI=1S/C15H11N3O/c16-11-13-6-4-12(5-7-13)8-9-15(19)18-14-3-1-2-10-17-14/h1-10H,(H,17,18,19)/b9-8+. The number of amides is 1. The number of carbonyl (C=O) groups is 1. The molecule has 4 nitrogen and oxygen atoms in total. The molecule has 1 aromatic heterocycles. The summed E-state index contributed by atoms with van der Waals surface area (Å²) in [6, 6.07) is 14.3. The molecule has 0 aliphatic carbocycles. The van der Waals surface area contributed by atoms with Gasteiger partial charge in [-0.3, -0.25) is 4.79 Å². The molecule has 0 unspecified atom stereocenters. The van der Waals surface area contributed by atoms with E-state index in [0.717, 1.165) is 5.56 Å². The third-order valence-corrected chi connectivity index (χ3v) is 2.38. The number of aromatic nitrogens is 1. The number of carbonyl (C=O) groups excluding carboxylic acids is 1. The Hall–Kier alpha value is -2.93. The maximum Gasteiger partial charge on any atom is 0.249 e. The van der Waals surface area contributed by atoms with Gasteiger partial charge in [0.1, 0.15) is 5.82 Å². The first-order valence-corrected chi connectivity index (χ1v) is 5.68. The van der Waals surface area contributed by atoms with E-state index in [1.807, 2.05) is 6.07 Å². The lowest BCUT2D eigenvalue weighted by Gasteiger charge is -1.99. The highest BCUT2D eigenvalue weighted by Crippen LogP contribution is 2.06. The van der Waals surface area contributed by atoms with Crippen molar-refractivity contribution >= 4 is 17.8 Å². The van der Waals surface area contributed by atoms with Gasteiger partial charge in [-0.1, -0.05) is 18.2 Å². The molecule has 0 spiro atoms. The van der Waals surface area contributed by atoms with Crippen LogP contribution in [0.1, 0.15) is 11.1 Å². The highest BCUT2D eigenvalue weighted by atomic mass is 16.1. The summed E-state index contributed by atoms with van der Waals surface area (Å²) in [7, 11) is 0. The Kier molecular flexibility index (Phi) is 4.04. The van der Waals surface area contributed by atoms with Crippen molar-refractivity contribution in [1.82, 2.24) is 4.98 Å². The molecule has 0 saturated carbocycles. The van der Waals surface area contributed by atoms with Gasteiger partial charge in [-0.25, -0.2) is 4.98 Å². The van der Waals surface area contributed by atoms with Crippen LogP contribution in [0.15, 0.2) is 54.7 Å². The number of nitrogens with one attached hydrogen (secondary N) is 1. The van der Waals surface area contributed by atoms with Crippen LogP contribution in [-0.2, 0) is 4.79 Å². The van der Waals surface area contributed by atoms with E-state index in [9.17, 15) is 4.79 Å². The number of rotatable bonds is 3. The number of hydrogen-bond donors (Lipinski definition) is 1. The van der Waals surface area contributed by atoms with Crippen molar-refractivity contribution in [3.05, 3.63) is 65.9 Å². The summed E-state index contributed by atoms with van der Waals surface area (Å²) in [4.78, 5) is 15.6. The van der Waals surface area contributed by atoms with E-state index in [-0.39, 0.29) is 5.91 Å². The van der Waals surface area contributed by atoms with Gasteiger partial charge in [0.25, 0.3) is 0 Å². The number of hydrogen-bond acceptors (Lipinski definition) is 3. The molecule has 2 aromatic rings. The summed E-state index contributed by atoms with van der Waals surface area (Å²) in [6.45, 7) is 0. The summed E-state index contributed by atoms with van der Waals surface area (Å²) >= 11 is 0. The maximum absolute atomic E-state index is 11.6. The average Bonchev–Trinajstić information content (AvgIpc) is 2.47. The average molecular weight is 249 g/mol. The molecule has 1 aromatic carbocycles. The molecule has 0 atom stereocenters. The maximum atomic E-state index is 11.6. The van der Waals surface area contributed by atoms with Gasteiger partial charge in [-0.2, -0.15) is 5.26 Å². The van der Waals surface area contributed by atoms with Crippen molar-refractivity contribution < 1.29 is 4.79 Å². The fourth-order valence-corrected chi connectivity index (χ4v) is 1.45.